The second-order valence-corrected chi connectivity index (χ2v) is 7.40. The number of hydrogen-bond donors (Lipinski definition) is 0. The standard InChI is InChI=1S/C27H22N2/c1-19-16-17-23-27(28-24-15-9-10-18-29(23)24)25(19)26(22-13-7-4-8-14-22)20(2)21-11-5-3-6-12-21/h3-18H,1-2H3/b26-20+. The van der Waals surface area contributed by atoms with Crippen molar-refractivity contribution in [3.05, 3.63) is 119 Å². The van der Waals surface area contributed by atoms with Crippen LogP contribution >= 0.6 is 0 Å². The van der Waals surface area contributed by atoms with Gasteiger partial charge in [-0.1, -0.05) is 72.8 Å². The lowest BCUT2D eigenvalue weighted by Gasteiger charge is -2.17. The topological polar surface area (TPSA) is 17.3 Å². The van der Waals surface area contributed by atoms with Gasteiger partial charge in [0.2, 0.25) is 0 Å². The van der Waals surface area contributed by atoms with E-state index in [1.807, 2.05) is 6.07 Å². The van der Waals surface area contributed by atoms with Crippen molar-refractivity contribution in [1.29, 1.82) is 0 Å². The number of nitrogens with zero attached hydrogens (tertiary/aromatic N) is 2. The summed E-state index contributed by atoms with van der Waals surface area (Å²) >= 11 is 0. The number of hydrogen-bond acceptors (Lipinski definition) is 1. The van der Waals surface area contributed by atoms with Gasteiger partial charge in [0.05, 0.1) is 11.0 Å². The monoisotopic (exact) mass is 374 g/mol. The average molecular weight is 374 g/mol. The molecule has 2 nitrogen and oxygen atoms in total. The van der Waals surface area contributed by atoms with E-state index in [0.29, 0.717) is 0 Å². The highest BCUT2D eigenvalue weighted by Crippen LogP contribution is 2.37. The molecule has 5 rings (SSSR count). The lowest BCUT2D eigenvalue weighted by Crippen LogP contribution is -1.97. The van der Waals surface area contributed by atoms with E-state index in [9.17, 15) is 0 Å². The van der Waals surface area contributed by atoms with Gasteiger partial charge in [0, 0.05) is 11.8 Å². The summed E-state index contributed by atoms with van der Waals surface area (Å²) in [6.07, 6.45) is 2.08. The third kappa shape index (κ3) is 2.94. The zero-order valence-corrected chi connectivity index (χ0v) is 16.6. The molecule has 0 aliphatic heterocycles. The minimum Gasteiger partial charge on any atom is -0.300 e. The zero-order valence-electron chi connectivity index (χ0n) is 16.6. The van der Waals surface area contributed by atoms with E-state index >= 15 is 0 Å². The van der Waals surface area contributed by atoms with E-state index in [0.717, 1.165) is 16.7 Å². The first-order valence-electron chi connectivity index (χ1n) is 9.92. The van der Waals surface area contributed by atoms with E-state index in [1.165, 1.54) is 33.4 Å². The Hall–Kier alpha value is -3.65. The molecule has 0 saturated heterocycles. The van der Waals surface area contributed by atoms with Crippen LogP contribution in [0, 0.1) is 6.92 Å². The molecule has 0 spiro atoms. The Balaban J connectivity index is 1.91. The fraction of sp³-hybridized carbons (Fsp3) is 0.0741. The predicted octanol–water partition coefficient (Wildman–Crippen LogP) is 6.77. The van der Waals surface area contributed by atoms with Crippen molar-refractivity contribution < 1.29 is 0 Å². The van der Waals surface area contributed by atoms with Crippen molar-refractivity contribution in [2.45, 2.75) is 13.8 Å². The molecule has 0 fully saturated rings. The average Bonchev–Trinajstić information content (AvgIpc) is 3.15. The summed E-state index contributed by atoms with van der Waals surface area (Å²) in [5, 5.41) is 0. The molecule has 0 radical (unpaired) electrons. The second kappa shape index (κ2) is 7.06. The highest BCUT2D eigenvalue weighted by atomic mass is 15.0. The van der Waals surface area contributed by atoms with Gasteiger partial charge >= 0.3 is 0 Å². The van der Waals surface area contributed by atoms with Crippen LogP contribution in [0.3, 0.4) is 0 Å². The third-order valence-corrected chi connectivity index (χ3v) is 5.58. The summed E-state index contributed by atoms with van der Waals surface area (Å²) in [4.78, 5) is 5.03. The molecule has 0 bridgehead atoms. The molecule has 0 aliphatic carbocycles. The van der Waals surface area contributed by atoms with Crippen molar-refractivity contribution >= 4 is 27.8 Å². The molecule has 5 aromatic rings. The highest BCUT2D eigenvalue weighted by Gasteiger charge is 2.18. The van der Waals surface area contributed by atoms with Crippen LogP contribution in [0.5, 0.6) is 0 Å². The number of aromatic nitrogens is 2. The van der Waals surface area contributed by atoms with E-state index in [-0.39, 0.29) is 0 Å². The van der Waals surface area contributed by atoms with Gasteiger partial charge < -0.3 is 0 Å². The van der Waals surface area contributed by atoms with Crippen molar-refractivity contribution in [2.24, 2.45) is 0 Å². The van der Waals surface area contributed by atoms with E-state index in [4.69, 9.17) is 4.98 Å². The molecule has 0 unspecified atom stereocenters. The van der Waals surface area contributed by atoms with Gasteiger partial charge in [-0.3, -0.25) is 4.40 Å². The maximum Gasteiger partial charge on any atom is 0.137 e. The zero-order chi connectivity index (χ0) is 19.8. The summed E-state index contributed by atoms with van der Waals surface area (Å²) in [6.45, 7) is 4.39. The summed E-state index contributed by atoms with van der Waals surface area (Å²) < 4.78 is 2.17. The quantitative estimate of drug-likeness (QED) is 0.318. The molecule has 0 atom stereocenters. The van der Waals surface area contributed by atoms with Gasteiger partial charge in [0.25, 0.3) is 0 Å². The van der Waals surface area contributed by atoms with Crippen LogP contribution in [0.15, 0.2) is 97.2 Å². The molecule has 0 saturated carbocycles. The van der Waals surface area contributed by atoms with Crippen LogP contribution in [0.1, 0.15) is 29.2 Å². The van der Waals surface area contributed by atoms with Gasteiger partial charge in [-0.25, -0.2) is 4.98 Å². The SMILES string of the molecule is C/C(=C(/c1ccccc1)c1c(C)ccc2c1nc1ccccn12)c1ccccc1. The lowest BCUT2D eigenvalue weighted by atomic mass is 9.87. The van der Waals surface area contributed by atoms with Gasteiger partial charge in [-0.05, 0) is 59.9 Å². The molecule has 2 heteroatoms. The van der Waals surface area contributed by atoms with Gasteiger partial charge in [-0.2, -0.15) is 0 Å². The largest absolute Gasteiger partial charge is 0.300 e. The molecule has 0 aliphatic rings. The molecule has 0 amide bonds. The number of imidazole rings is 1. The first-order chi connectivity index (χ1) is 14.2. The van der Waals surface area contributed by atoms with Gasteiger partial charge in [0.1, 0.15) is 5.65 Å². The van der Waals surface area contributed by atoms with E-state index < -0.39 is 0 Å². The predicted molar refractivity (Wildman–Crippen MR) is 122 cm³/mol. The summed E-state index contributed by atoms with van der Waals surface area (Å²) in [5.41, 5.74) is 10.5. The van der Waals surface area contributed by atoms with E-state index in [2.05, 4.69) is 109 Å². The van der Waals surface area contributed by atoms with Crippen molar-refractivity contribution in [1.82, 2.24) is 9.38 Å². The number of rotatable bonds is 3. The molecule has 29 heavy (non-hydrogen) atoms. The Labute approximate surface area is 170 Å². The normalized spacial score (nSPS) is 12.3. The first kappa shape index (κ1) is 17.4. The number of aryl methyl sites for hydroxylation is 1. The number of pyridine rings is 1. The van der Waals surface area contributed by atoms with Crippen molar-refractivity contribution in [2.75, 3.05) is 0 Å². The van der Waals surface area contributed by atoms with Crippen LogP contribution in [0.2, 0.25) is 0 Å². The number of allylic oxidation sites excluding steroid dienone is 1. The molecule has 2 heterocycles. The number of fused-ring (bicyclic) bond motifs is 3. The maximum absolute atomic E-state index is 5.03. The molecular formula is C27H22N2. The van der Waals surface area contributed by atoms with Crippen LogP contribution in [0.4, 0.5) is 0 Å². The smallest absolute Gasteiger partial charge is 0.137 e. The summed E-state index contributed by atoms with van der Waals surface area (Å²) in [6, 6.07) is 31.8. The summed E-state index contributed by atoms with van der Waals surface area (Å²) in [7, 11) is 0. The Morgan fingerprint density at radius 3 is 2.10 bits per heavy atom. The molecule has 0 N–H and O–H groups in total. The van der Waals surface area contributed by atoms with E-state index in [1.54, 1.807) is 0 Å². The molecule has 3 aromatic carbocycles. The second-order valence-electron chi connectivity index (χ2n) is 7.40. The Kier molecular flexibility index (Phi) is 4.25. The first-order valence-corrected chi connectivity index (χ1v) is 9.92. The fourth-order valence-corrected chi connectivity index (χ4v) is 4.13. The molecular weight excluding hydrogens is 352 g/mol. The minimum atomic E-state index is 0.971. The Bertz CT molecular complexity index is 1340. The van der Waals surface area contributed by atoms with Crippen LogP contribution < -0.4 is 0 Å². The van der Waals surface area contributed by atoms with Gasteiger partial charge in [-0.15, -0.1) is 0 Å². The third-order valence-electron chi connectivity index (χ3n) is 5.58. The van der Waals surface area contributed by atoms with Crippen molar-refractivity contribution in [3.63, 3.8) is 0 Å². The Morgan fingerprint density at radius 1 is 0.724 bits per heavy atom. The minimum absolute atomic E-state index is 0.971. The van der Waals surface area contributed by atoms with Crippen LogP contribution in [-0.2, 0) is 0 Å². The van der Waals surface area contributed by atoms with Gasteiger partial charge in [0.15, 0.2) is 0 Å². The van der Waals surface area contributed by atoms with Crippen LogP contribution in [-0.4, -0.2) is 9.38 Å². The highest BCUT2D eigenvalue weighted by molar-refractivity contribution is 6.06. The molecule has 140 valence electrons. The fourth-order valence-electron chi connectivity index (χ4n) is 4.13. The molecule has 2 aromatic heterocycles. The lowest BCUT2D eigenvalue weighted by molar-refractivity contribution is 1.23. The Morgan fingerprint density at radius 2 is 1.38 bits per heavy atom. The maximum atomic E-state index is 5.03. The summed E-state index contributed by atoms with van der Waals surface area (Å²) in [5.74, 6) is 0. The van der Waals surface area contributed by atoms with Crippen molar-refractivity contribution in [3.8, 4) is 0 Å². The van der Waals surface area contributed by atoms with Crippen LogP contribution in [0.25, 0.3) is 27.8 Å². The number of benzene rings is 3.